The lowest BCUT2D eigenvalue weighted by molar-refractivity contribution is 0.0174. The van der Waals surface area contributed by atoms with Crippen molar-refractivity contribution in [1.82, 2.24) is 0 Å². The Hall–Kier alpha value is -0.130. The monoisotopic (exact) mass is 235 g/mol. The molecule has 90 valence electrons. The summed E-state index contributed by atoms with van der Waals surface area (Å²) in [6.07, 6.45) is 3.07. The van der Waals surface area contributed by atoms with E-state index >= 15 is 0 Å². The highest BCUT2D eigenvalue weighted by Gasteiger charge is 2.42. The van der Waals surface area contributed by atoms with Crippen LogP contribution in [0.3, 0.4) is 0 Å². The fraction of sp³-hybridized carbons (Fsp3) is 1.00. The Bertz CT molecular complexity index is 298. The van der Waals surface area contributed by atoms with Gasteiger partial charge in [0.1, 0.15) is 9.84 Å². The van der Waals surface area contributed by atoms with Crippen molar-refractivity contribution in [2.45, 2.75) is 38.2 Å². The van der Waals surface area contributed by atoms with Crippen LogP contribution in [-0.2, 0) is 9.84 Å². The number of sulfone groups is 1. The van der Waals surface area contributed by atoms with Crippen LogP contribution in [0.2, 0.25) is 0 Å². The van der Waals surface area contributed by atoms with Crippen molar-refractivity contribution in [1.29, 1.82) is 0 Å². The third kappa shape index (κ3) is 3.74. The summed E-state index contributed by atoms with van der Waals surface area (Å²) in [4.78, 5) is 0. The van der Waals surface area contributed by atoms with Gasteiger partial charge in [-0.05, 0) is 31.6 Å². The van der Waals surface area contributed by atoms with Crippen molar-refractivity contribution in [3.05, 3.63) is 0 Å². The van der Waals surface area contributed by atoms with E-state index in [4.69, 9.17) is 5.73 Å². The number of rotatable bonds is 7. The van der Waals surface area contributed by atoms with Gasteiger partial charge in [-0.25, -0.2) is 8.42 Å². The second-order valence-corrected chi connectivity index (χ2v) is 6.89. The molecule has 5 heteroatoms. The van der Waals surface area contributed by atoms with Crippen LogP contribution in [0.1, 0.15) is 32.6 Å². The molecule has 1 fully saturated rings. The quantitative estimate of drug-likeness (QED) is 0.665. The molecule has 1 atom stereocenters. The largest absolute Gasteiger partial charge is 0.388 e. The first-order valence-electron chi connectivity index (χ1n) is 5.56. The molecule has 1 unspecified atom stereocenters. The van der Waals surface area contributed by atoms with Gasteiger partial charge in [-0.3, -0.25) is 0 Å². The van der Waals surface area contributed by atoms with E-state index in [-0.39, 0.29) is 18.1 Å². The minimum atomic E-state index is -2.91. The van der Waals surface area contributed by atoms with Crippen LogP contribution in [0.15, 0.2) is 0 Å². The molecule has 0 aromatic rings. The second kappa shape index (κ2) is 4.80. The van der Waals surface area contributed by atoms with Gasteiger partial charge in [0, 0.05) is 12.3 Å². The highest BCUT2D eigenvalue weighted by atomic mass is 32.2. The summed E-state index contributed by atoms with van der Waals surface area (Å²) in [6, 6.07) is 0. The van der Waals surface area contributed by atoms with Crippen molar-refractivity contribution >= 4 is 9.84 Å². The molecular formula is C10H21NO3S. The molecule has 1 saturated carbocycles. The van der Waals surface area contributed by atoms with Gasteiger partial charge in [-0.1, -0.05) is 6.92 Å². The summed E-state index contributed by atoms with van der Waals surface area (Å²) in [7, 11) is -2.91. The zero-order chi connectivity index (χ0) is 11.5. The van der Waals surface area contributed by atoms with Gasteiger partial charge >= 0.3 is 0 Å². The molecule has 0 saturated heterocycles. The maximum Gasteiger partial charge on any atom is 0.150 e. The van der Waals surface area contributed by atoms with Gasteiger partial charge < -0.3 is 10.8 Å². The highest BCUT2D eigenvalue weighted by Crippen LogP contribution is 2.41. The molecule has 1 rings (SSSR count). The van der Waals surface area contributed by atoms with Gasteiger partial charge in [-0.2, -0.15) is 0 Å². The van der Waals surface area contributed by atoms with Crippen molar-refractivity contribution in [2.75, 3.05) is 18.1 Å². The fourth-order valence-electron chi connectivity index (χ4n) is 1.84. The molecule has 0 aromatic heterocycles. The number of nitrogens with two attached hydrogens (primary N) is 1. The molecule has 15 heavy (non-hydrogen) atoms. The summed E-state index contributed by atoms with van der Waals surface area (Å²) >= 11 is 0. The molecule has 0 amide bonds. The SMILES string of the molecule is CCS(=O)(=O)CCCC(O)(CN)C1CC1. The third-order valence-corrected chi connectivity index (χ3v) is 4.99. The standard InChI is InChI=1S/C10H21NO3S/c1-2-15(13,14)7-3-6-10(12,8-11)9-4-5-9/h9,12H,2-8,11H2,1H3. The van der Waals surface area contributed by atoms with Crippen LogP contribution in [-0.4, -0.2) is 37.2 Å². The van der Waals surface area contributed by atoms with Gasteiger partial charge in [0.2, 0.25) is 0 Å². The van der Waals surface area contributed by atoms with Crippen molar-refractivity contribution in [3.8, 4) is 0 Å². The number of aliphatic hydroxyl groups is 1. The van der Waals surface area contributed by atoms with E-state index in [9.17, 15) is 13.5 Å². The van der Waals surface area contributed by atoms with Crippen molar-refractivity contribution in [2.24, 2.45) is 11.7 Å². The Morgan fingerprint density at radius 1 is 1.47 bits per heavy atom. The van der Waals surface area contributed by atoms with E-state index in [1.807, 2.05) is 0 Å². The number of hydrogen-bond acceptors (Lipinski definition) is 4. The van der Waals surface area contributed by atoms with Crippen LogP contribution >= 0.6 is 0 Å². The fourth-order valence-corrected chi connectivity index (χ4v) is 2.71. The minimum absolute atomic E-state index is 0.165. The molecule has 0 bridgehead atoms. The first-order valence-corrected chi connectivity index (χ1v) is 7.38. The summed E-state index contributed by atoms with van der Waals surface area (Å²) in [5.74, 6) is 0.641. The average molecular weight is 235 g/mol. The Morgan fingerprint density at radius 3 is 2.47 bits per heavy atom. The first-order chi connectivity index (χ1) is 6.93. The van der Waals surface area contributed by atoms with Crippen LogP contribution in [0.25, 0.3) is 0 Å². The summed E-state index contributed by atoms with van der Waals surface area (Å²) in [5, 5.41) is 10.1. The van der Waals surface area contributed by atoms with Gasteiger partial charge in [0.25, 0.3) is 0 Å². The number of hydrogen-bond donors (Lipinski definition) is 2. The lowest BCUT2D eigenvalue weighted by Crippen LogP contribution is -2.40. The van der Waals surface area contributed by atoms with Crippen LogP contribution in [0.4, 0.5) is 0 Å². The summed E-state index contributed by atoms with van der Waals surface area (Å²) in [5.41, 5.74) is 4.71. The predicted octanol–water partition coefficient (Wildman–Crippen LogP) is 0.301. The minimum Gasteiger partial charge on any atom is -0.388 e. The molecule has 1 aliphatic rings. The molecule has 0 radical (unpaired) electrons. The zero-order valence-electron chi connectivity index (χ0n) is 9.28. The Labute approximate surface area is 91.8 Å². The molecular weight excluding hydrogens is 214 g/mol. The second-order valence-electron chi connectivity index (χ2n) is 4.42. The van der Waals surface area contributed by atoms with Crippen LogP contribution < -0.4 is 5.73 Å². The summed E-state index contributed by atoms with van der Waals surface area (Å²) < 4.78 is 22.5. The third-order valence-electron chi connectivity index (χ3n) is 3.20. The van der Waals surface area contributed by atoms with E-state index in [1.165, 1.54) is 0 Å². The molecule has 0 aliphatic heterocycles. The maximum absolute atomic E-state index is 11.2. The highest BCUT2D eigenvalue weighted by molar-refractivity contribution is 7.91. The van der Waals surface area contributed by atoms with Crippen molar-refractivity contribution in [3.63, 3.8) is 0 Å². The van der Waals surface area contributed by atoms with Gasteiger partial charge in [0.15, 0.2) is 0 Å². The summed E-state index contributed by atoms with van der Waals surface area (Å²) in [6.45, 7) is 1.88. The Balaban J connectivity index is 2.35. The molecule has 0 aromatic carbocycles. The Morgan fingerprint density at radius 2 is 2.07 bits per heavy atom. The molecule has 0 spiro atoms. The first kappa shape index (κ1) is 12.9. The molecule has 0 heterocycles. The van der Waals surface area contributed by atoms with Crippen molar-refractivity contribution < 1.29 is 13.5 Å². The molecule has 1 aliphatic carbocycles. The van der Waals surface area contributed by atoms with E-state index in [0.29, 0.717) is 18.8 Å². The van der Waals surface area contributed by atoms with E-state index < -0.39 is 15.4 Å². The van der Waals surface area contributed by atoms with Gasteiger partial charge in [0.05, 0.1) is 11.4 Å². The van der Waals surface area contributed by atoms with E-state index in [1.54, 1.807) is 6.92 Å². The van der Waals surface area contributed by atoms with E-state index in [2.05, 4.69) is 0 Å². The lowest BCUT2D eigenvalue weighted by atomic mass is 9.93. The normalized spacial score (nSPS) is 21.3. The van der Waals surface area contributed by atoms with Crippen LogP contribution in [0.5, 0.6) is 0 Å². The molecule has 3 N–H and O–H groups in total. The smallest absolute Gasteiger partial charge is 0.150 e. The Kier molecular flexibility index (Phi) is 4.14. The van der Waals surface area contributed by atoms with E-state index in [0.717, 1.165) is 12.8 Å². The molecule has 4 nitrogen and oxygen atoms in total. The van der Waals surface area contributed by atoms with Crippen LogP contribution in [0, 0.1) is 5.92 Å². The average Bonchev–Trinajstić information content (AvgIpc) is 3.01. The topological polar surface area (TPSA) is 80.4 Å². The predicted molar refractivity (Wildman–Crippen MR) is 60.3 cm³/mol. The zero-order valence-corrected chi connectivity index (χ0v) is 10.1. The van der Waals surface area contributed by atoms with Gasteiger partial charge in [-0.15, -0.1) is 0 Å². The maximum atomic E-state index is 11.2. The lowest BCUT2D eigenvalue weighted by Gasteiger charge is -2.26.